The maximum absolute atomic E-state index is 11.9. The molecule has 1 aromatic carbocycles. The van der Waals surface area contributed by atoms with Crippen molar-refractivity contribution in [3.63, 3.8) is 0 Å². The molecule has 4 nitrogen and oxygen atoms in total. The van der Waals surface area contributed by atoms with Crippen molar-refractivity contribution < 1.29 is 9.53 Å². The Morgan fingerprint density at radius 3 is 2.61 bits per heavy atom. The largest absolute Gasteiger partial charge is 0.444 e. The summed E-state index contributed by atoms with van der Waals surface area (Å²) in [6, 6.07) is 7.82. The van der Waals surface area contributed by atoms with Crippen LogP contribution in [0, 0.1) is 6.92 Å². The second-order valence-corrected chi connectivity index (χ2v) is 8.20. The number of carbonyl (C=O) groups is 1. The molecule has 0 aliphatic rings. The summed E-state index contributed by atoms with van der Waals surface area (Å²) in [5.74, 6) is 0. The lowest BCUT2D eigenvalue weighted by Crippen LogP contribution is -2.33. The highest BCUT2D eigenvalue weighted by Gasteiger charge is 2.21. The third kappa shape index (κ3) is 4.78. The second-order valence-electron chi connectivity index (χ2n) is 6.32. The molecule has 0 fully saturated rings. The number of ether oxygens (including phenoxy) is 1. The van der Waals surface area contributed by atoms with Gasteiger partial charge in [-0.3, -0.25) is 0 Å². The van der Waals surface area contributed by atoms with E-state index in [0.29, 0.717) is 0 Å². The maximum atomic E-state index is 11.9. The standard InChI is InChI=1S/C17H21BrN2O2S/c1-10-14(11(2)20-16(21)22-17(3,4)5)23-15(19-10)12-8-6-7-9-13(12)18/h6-9,11H,1-5H3,(H,20,21). The third-order valence-corrected chi connectivity index (χ3v) is 5.13. The van der Waals surface area contributed by atoms with Crippen LogP contribution in [0.3, 0.4) is 0 Å². The van der Waals surface area contributed by atoms with Gasteiger partial charge in [0.25, 0.3) is 0 Å². The van der Waals surface area contributed by atoms with E-state index >= 15 is 0 Å². The number of amides is 1. The van der Waals surface area contributed by atoms with Crippen LogP contribution in [0.25, 0.3) is 10.6 Å². The van der Waals surface area contributed by atoms with E-state index in [-0.39, 0.29) is 6.04 Å². The van der Waals surface area contributed by atoms with Crippen molar-refractivity contribution in [2.24, 2.45) is 0 Å². The Balaban J connectivity index is 2.18. The monoisotopic (exact) mass is 396 g/mol. The highest BCUT2D eigenvalue weighted by Crippen LogP contribution is 2.35. The molecule has 1 heterocycles. The van der Waals surface area contributed by atoms with Crippen LogP contribution in [0.4, 0.5) is 4.79 Å². The zero-order valence-electron chi connectivity index (χ0n) is 13.9. The lowest BCUT2D eigenvalue weighted by molar-refractivity contribution is 0.0508. The number of alkyl carbamates (subject to hydrolysis) is 1. The van der Waals surface area contributed by atoms with Gasteiger partial charge in [-0.15, -0.1) is 11.3 Å². The second kappa shape index (κ2) is 7.01. The van der Waals surface area contributed by atoms with Gasteiger partial charge < -0.3 is 10.1 Å². The normalized spacial score (nSPS) is 12.8. The van der Waals surface area contributed by atoms with E-state index in [9.17, 15) is 4.79 Å². The molecule has 0 bridgehead atoms. The van der Waals surface area contributed by atoms with Crippen molar-refractivity contribution in [2.45, 2.75) is 46.3 Å². The SMILES string of the molecule is Cc1nc(-c2ccccc2Br)sc1C(C)NC(=O)OC(C)(C)C. The van der Waals surface area contributed by atoms with Gasteiger partial charge in [0.15, 0.2) is 0 Å². The Morgan fingerprint density at radius 2 is 2.00 bits per heavy atom. The molecule has 0 aliphatic heterocycles. The topological polar surface area (TPSA) is 51.2 Å². The quantitative estimate of drug-likeness (QED) is 0.748. The molecule has 1 atom stereocenters. The number of carbonyl (C=O) groups excluding carboxylic acids is 1. The minimum absolute atomic E-state index is 0.154. The number of aryl methyl sites for hydroxylation is 1. The Kier molecular flexibility index (Phi) is 5.47. The fourth-order valence-corrected chi connectivity index (χ4v) is 3.82. The van der Waals surface area contributed by atoms with Crippen LogP contribution in [0.1, 0.15) is 44.3 Å². The molecule has 1 aromatic heterocycles. The van der Waals surface area contributed by atoms with Gasteiger partial charge in [0.1, 0.15) is 10.6 Å². The first-order valence-corrected chi connectivity index (χ1v) is 9.00. The molecule has 124 valence electrons. The van der Waals surface area contributed by atoms with Crippen molar-refractivity contribution in [1.29, 1.82) is 0 Å². The molecule has 6 heteroatoms. The first kappa shape index (κ1) is 17.9. The fraction of sp³-hybridized carbons (Fsp3) is 0.412. The number of aromatic nitrogens is 1. The van der Waals surface area contributed by atoms with Crippen LogP contribution in [0.15, 0.2) is 28.7 Å². The highest BCUT2D eigenvalue weighted by atomic mass is 79.9. The number of hydrogen-bond donors (Lipinski definition) is 1. The molecule has 1 amide bonds. The van der Waals surface area contributed by atoms with Crippen molar-refractivity contribution in [2.75, 3.05) is 0 Å². The van der Waals surface area contributed by atoms with E-state index in [0.717, 1.165) is 25.6 Å². The molecule has 2 rings (SSSR count). The van der Waals surface area contributed by atoms with Crippen LogP contribution in [-0.2, 0) is 4.74 Å². The molecule has 1 unspecified atom stereocenters. The Morgan fingerprint density at radius 1 is 1.35 bits per heavy atom. The van der Waals surface area contributed by atoms with E-state index in [1.54, 1.807) is 11.3 Å². The number of hydrogen-bond acceptors (Lipinski definition) is 4. The van der Waals surface area contributed by atoms with Crippen molar-refractivity contribution in [1.82, 2.24) is 10.3 Å². The zero-order valence-corrected chi connectivity index (χ0v) is 16.3. The van der Waals surface area contributed by atoms with Gasteiger partial charge in [-0.25, -0.2) is 9.78 Å². The first-order valence-electron chi connectivity index (χ1n) is 7.39. The summed E-state index contributed by atoms with van der Waals surface area (Å²) in [7, 11) is 0. The summed E-state index contributed by atoms with van der Waals surface area (Å²) in [5, 5.41) is 3.80. The van der Waals surface area contributed by atoms with Crippen LogP contribution in [0.2, 0.25) is 0 Å². The summed E-state index contributed by atoms with van der Waals surface area (Å²) in [6.07, 6.45) is -0.416. The molecular weight excluding hydrogens is 376 g/mol. The molecule has 2 aromatic rings. The molecule has 0 spiro atoms. The van der Waals surface area contributed by atoms with E-state index in [1.807, 2.05) is 58.9 Å². The summed E-state index contributed by atoms with van der Waals surface area (Å²) >= 11 is 5.14. The summed E-state index contributed by atoms with van der Waals surface area (Å²) < 4.78 is 6.31. The minimum Gasteiger partial charge on any atom is -0.444 e. The van der Waals surface area contributed by atoms with E-state index in [2.05, 4.69) is 26.2 Å². The van der Waals surface area contributed by atoms with Crippen molar-refractivity contribution in [3.8, 4) is 10.6 Å². The molecule has 0 radical (unpaired) electrons. The number of thiazole rings is 1. The predicted molar refractivity (Wildman–Crippen MR) is 97.8 cm³/mol. The van der Waals surface area contributed by atoms with Gasteiger partial charge in [0, 0.05) is 10.0 Å². The van der Waals surface area contributed by atoms with Crippen LogP contribution in [-0.4, -0.2) is 16.7 Å². The number of rotatable bonds is 3. The van der Waals surface area contributed by atoms with E-state index in [1.165, 1.54) is 0 Å². The molecular formula is C17H21BrN2O2S. The van der Waals surface area contributed by atoms with Gasteiger partial charge >= 0.3 is 6.09 Å². The predicted octanol–water partition coefficient (Wildman–Crippen LogP) is 5.47. The number of benzene rings is 1. The molecule has 1 N–H and O–H groups in total. The minimum atomic E-state index is -0.507. The third-order valence-electron chi connectivity index (χ3n) is 3.06. The van der Waals surface area contributed by atoms with Crippen LogP contribution >= 0.6 is 27.3 Å². The van der Waals surface area contributed by atoms with Gasteiger partial charge in [0.2, 0.25) is 0 Å². The van der Waals surface area contributed by atoms with Gasteiger partial charge in [-0.1, -0.05) is 34.1 Å². The lowest BCUT2D eigenvalue weighted by Gasteiger charge is -2.21. The van der Waals surface area contributed by atoms with Crippen LogP contribution < -0.4 is 5.32 Å². The molecule has 23 heavy (non-hydrogen) atoms. The van der Waals surface area contributed by atoms with Crippen molar-refractivity contribution >= 4 is 33.4 Å². The summed E-state index contributed by atoms with van der Waals surface area (Å²) in [4.78, 5) is 17.6. The van der Waals surface area contributed by atoms with E-state index in [4.69, 9.17) is 4.74 Å². The fourth-order valence-electron chi connectivity index (χ4n) is 2.11. The van der Waals surface area contributed by atoms with Crippen molar-refractivity contribution in [3.05, 3.63) is 39.3 Å². The van der Waals surface area contributed by atoms with Gasteiger partial charge in [-0.05, 0) is 40.7 Å². The zero-order chi connectivity index (χ0) is 17.2. The highest BCUT2D eigenvalue weighted by molar-refractivity contribution is 9.10. The molecule has 0 saturated heterocycles. The van der Waals surface area contributed by atoms with Gasteiger partial charge in [-0.2, -0.15) is 0 Å². The molecule has 0 saturated carbocycles. The maximum Gasteiger partial charge on any atom is 0.408 e. The number of nitrogens with one attached hydrogen (secondary N) is 1. The van der Waals surface area contributed by atoms with E-state index < -0.39 is 11.7 Å². The summed E-state index contributed by atoms with van der Waals surface area (Å²) in [5.41, 5.74) is 1.47. The Labute approximate surface area is 149 Å². The lowest BCUT2D eigenvalue weighted by atomic mass is 10.2. The Bertz CT molecular complexity index is 707. The smallest absolute Gasteiger partial charge is 0.408 e. The van der Waals surface area contributed by atoms with Gasteiger partial charge in [0.05, 0.1) is 16.6 Å². The Hall–Kier alpha value is -1.40. The number of nitrogens with zero attached hydrogens (tertiary/aromatic N) is 1. The van der Waals surface area contributed by atoms with Crippen LogP contribution in [0.5, 0.6) is 0 Å². The molecule has 0 aliphatic carbocycles. The number of halogens is 1. The average molecular weight is 397 g/mol. The summed E-state index contributed by atoms with van der Waals surface area (Å²) in [6.45, 7) is 9.44. The average Bonchev–Trinajstić information content (AvgIpc) is 2.79. The first-order chi connectivity index (χ1) is 10.7.